The van der Waals surface area contributed by atoms with E-state index in [0.717, 1.165) is 38.0 Å². The Morgan fingerprint density at radius 1 is 1.12 bits per heavy atom. The van der Waals surface area contributed by atoms with Gasteiger partial charge in [0.05, 0.1) is 22.5 Å². The van der Waals surface area contributed by atoms with Crippen LogP contribution in [0.1, 0.15) is 29.8 Å². The molecule has 0 bridgehead atoms. The second kappa shape index (κ2) is 9.57. The third-order valence-corrected chi connectivity index (χ3v) is 6.29. The van der Waals surface area contributed by atoms with E-state index in [1.807, 2.05) is 12.1 Å². The number of benzene rings is 2. The number of carbonyl (C=O) groups excluding carboxylic acids is 1. The van der Waals surface area contributed by atoms with Gasteiger partial charge in [0.1, 0.15) is 5.82 Å². The van der Waals surface area contributed by atoms with Gasteiger partial charge < -0.3 is 9.64 Å². The number of hydrogen-bond acceptors (Lipinski definition) is 5. The van der Waals surface area contributed by atoms with Crippen molar-refractivity contribution < 1.29 is 9.53 Å². The van der Waals surface area contributed by atoms with E-state index in [9.17, 15) is 9.59 Å². The number of aryl methyl sites for hydroxylation is 2. The molecule has 0 aliphatic carbocycles. The van der Waals surface area contributed by atoms with Gasteiger partial charge in [-0.15, -0.1) is 0 Å². The van der Waals surface area contributed by atoms with Crippen molar-refractivity contribution in [2.45, 2.75) is 33.1 Å². The molecule has 0 amide bonds. The number of ether oxygens (including phenoxy) is 1. The molecule has 0 atom stereocenters. The van der Waals surface area contributed by atoms with E-state index in [1.54, 1.807) is 13.0 Å². The highest BCUT2D eigenvalue weighted by molar-refractivity contribution is 6.33. The minimum absolute atomic E-state index is 0.0185. The number of rotatable bonds is 6. The largest absolute Gasteiger partial charge is 0.409 e. The van der Waals surface area contributed by atoms with Gasteiger partial charge in [-0.25, -0.2) is 0 Å². The molecular weight excluding hydrogens is 426 g/mol. The molecule has 7 heteroatoms. The van der Waals surface area contributed by atoms with Gasteiger partial charge in [0.15, 0.2) is 0 Å². The van der Waals surface area contributed by atoms with Crippen LogP contribution >= 0.6 is 11.6 Å². The predicted molar refractivity (Wildman–Crippen MR) is 126 cm³/mol. The second-order valence-electron chi connectivity index (χ2n) is 8.29. The molecule has 2 heterocycles. The lowest BCUT2D eigenvalue weighted by atomic mass is 9.89. The summed E-state index contributed by atoms with van der Waals surface area (Å²) in [7, 11) is 0. The summed E-state index contributed by atoms with van der Waals surface area (Å²) in [4.78, 5) is 29.5. The van der Waals surface area contributed by atoms with Crippen LogP contribution in [0.4, 0.5) is 5.69 Å². The summed E-state index contributed by atoms with van der Waals surface area (Å²) in [5.74, 6) is 1.07. The van der Waals surface area contributed by atoms with E-state index in [-0.39, 0.29) is 17.9 Å². The Hall–Kier alpha value is -3.12. The molecule has 0 unspecified atom stereocenters. The van der Waals surface area contributed by atoms with Crippen molar-refractivity contribution >= 4 is 23.8 Å². The van der Waals surface area contributed by atoms with E-state index < -0.39 is 0 Å². The second-order valence-corrected chi connectivity index (χ2v) is 8.70. The molecule has 32 heavy (non-hydrogen) atoms. The van der Waals surface area contributed by atoms with Crippen molar-refractivity contribution in [2.75, 3.05) is 18.0 Å². The molecule has 3 aromatic rings. The van der Waals surface area contributed by atoms with Gasteiger partial charge in [-0.1, -0.05) is 41.4 Å². The Morgan fingerprint density at radius 3 is 2.56 bits per heavy atom. The van der Waals surface area contributed by atoms with Crippen molar-refractivity contribution in [2.24, 2.45) is 5.92 Å². The van der Waals surface area contributed by atoms with Crippen LogP contribution < -0.4 is 15.2 Å². The normalized spacial score (nSPS) is 14.4. The van der Waals surface area contributed by atoms with Crippen LogP contribution in [0.15, 0.2) is 53.3 Å². The highest BCUT2D eigenvalue weighted by Crippen LogP contribution is 2.32. The Morgan fingerprint density at radius 2 is 1.91 bits per heavy atom. The minimum atomic E-state index is -0.338. The Balaban J connectivity index is 1.47. The first kappa shape index (κ1) is 22.1. The molecule has 1 saturated heterocycles. The molecule has 4 rings (SSSR count). The molecule has 1 fully saturated rings. The van der Waals surface area contributed by atoms with E-state index in [1.165, 1.54) is 21.8 Å². The van der Waals surface area contributed by atoms with Crippen molar-refractivity contribution in [3.63, 3.8) is 0 Å². The summed E-state index contributed by atoms with van der Waals surface area (Å²) >= 11 is 6.63. The smallest absolute Gasteiger partial charge is 0.299 e. The molecule has 0 spiro atoms. The van der Waals surface area contributed by atoms with E-state index in [2.05, 4.69) is 41.1 Å². The monoisotopic (exact) mass is 451 g/mol. The first-order valence-electron chi connectivity index (χ1n) is 10.8. The molecule has 0 N–H and O–H groups in total. The summed E-state index contributed by atoms with van der Waals surface area (Å²) in [5.41, 5.74) is 3.98. The van der Waals surface area contributed by atoms with E-state index in [0.29, 0.717) is 22.5 Å². The highest BCUT2D eigenvalue weighted by Gasteiger charge is 2.22. The van der Waals surface area contributed by atoms with Crippen LogP contribution in [0.2, 0.25) is 5.02 Å². The zero-order valence-electron chi connectivity index (χ0n) is 18.3. The van der Waals surface area contributed by atoms with Gasteiger partial charge in [-0.2, -0.15) is 4.98 Å². The molecule has 2 aromatic carbocycles. The fourth-order valence-electron chi connectivity index (χ4n) is 4.44. The van der Waals surface area contributed by atoms with Crippen molar-refractivity contribution in [1.29, 1.82) is 0 Å². The number of halogens is 1. The molecule has 0 radical (unpaired) electrons. The lowest BCUT2D eigenvalue weighted by Crippen LogP contribution is -2.34. The lowest BCUT2D eigenvalue weighted by Gasteiger charge is -2.34. The minimum Gasteiger partial charge on any atom is -0.409 e. The Kier molecular flexibility index (Phi) is 6.61. The van der Waals surface area contributed by atoms with E-state index >= 15 is 0 Å². The molecule has 1 aromatic heterocycles. The number of hydrogen-bond donors (Lipinski definition) is 0. The average Bonchev–Trinajstić information content (AvgIpc) is 2.74. The van der Waals surface area contributed by atoms with Crippen LogP contribution in [-0.2, 0) is 11.2 Å². The fourth-order valence-corrected chi connectivity index (χ4v) is 4.73. The van der Waals surface area contributed by atoms with Gasteiger partial charge in [0.2, 0.25) is 5.88 Å². The molecule has 166 valence electrons. The maximum Gasteiger partial charge on any atom is 0.299 e. The predicted octanol–water partition coefficient (Wildman–Crippen LogP) is 4.50. The van der Waals surface area contributed by atoms with Crippen LogP contribution in [0.5, 0.6) is 5.88 Å². The van der Waals surface area contributed by atoms with Crippen molar-refractivity contribution in [3.05, 3.63) is 80.9 Å². The first-order valence-corrected chi connectivity index (χ1v) is 11.1. The van der Waals surface area contributed by atoms with Gasteiger partial charge in [-0.3, -0.25) is 14.2 Å². The maximum absolute atomic E-state index is 12.5. The average molecular weight is 452 g/mol. The zero-order valence-corrected chi connectivity index (χ0v) is 19.0. The fraction of sp³-hybridized carbons (Fsp3) is 0.320. The number of piperidine rings is 1. The summed E-state index contributed by atoms with van der Waals surface area (Å²) in [5, 5.41) is 0.596. The van der Waals surface area contributed by atoms with Crippen molar-refractivity contribution in [3.8, 4) is 11.6 Å². The third kappa shape index (κ3) is 4.86. The molecule has 1 aliphatic rings. The topological polar surface area (TPSA) is 64.4 Å². The SMILES string of the molecule is Cc1cccc(CC2CCN(c3ccc(-n4c(C)nc(OC=O)cc4=O)cc3Cl)CC2)c1. The summed E-state index contributed by atoms with van der Waals surface area (Å²) < 4.78 is 6.14. The maximum atomic E-state index is 12.5. The summed E-state index contributed by atoms with van der Waals surface area (Å²) in [6.07, 6.45) is 3.35. The van der Waals surface area contributed by atoms with Gasteiger partial charge >= 0.3 is 0 Å². The standard InChI is InChI=1S/C25H26ClN3O3/c1-17-4-3-5-20(12-17)13-19-8-10-28(11-9-19)23-7-6-21(14-22(23)26)29-18(2)27-24(32-16-30)15-25(29)31/h3-7,12,14-16,19H,8-11,13H2,1-2H3. The molecular formula is C25H26ClN3O3. The van der Waals surface area contributed by atoms with Crippen LogP contribution in [0, 0.1) is 19.8 Å². The number of carbonyl (C=O) groups is 1. The summed E-state index contributed by atoms with van der Waals surface area (Å²) in [6, 6.07) is 15.6. The third-order valence-electron chi connectivity index (χ3n) is 5.98. The van der Waals surface area contributed by atoms with Gasteiger partial charge in [0, 0.05) is 13.1 Å². The van der Waals surface area contributed by atoms with Gasteiger partial charge in [-0.05, 0) is 62.8 Å². The Labute approximate surface area is 192 Å². The highest BCUT2D eigenvalue weighted by atomic mass is 35.5. The molecule has 1 aliphatic heterocycles. The van der Waals surface area contributed by atoms with Crippen LogP contribution in [0.25, 0.3) is 5.69 Å². The van der Waals surface area contributed by atoms with Crippen LogP contribution in [-0.4, -0.2) is 29.1 Å². The number of aromatic nitrogens is 2. The number of nitrogens with zero attached hydrogens (tertiary/aromatic N) is 3. The summed E-state index contributed by atoms with van der Waals surface area (Å²) in [6.45, 7) is 5.97. The quantitative estimate of drug-likeness (QED) is 0.516. The lowest BCUT2D eigenvalue weighted by molar-refractivity contribution is -0.120. The number of anilines is 1. The van der Waals surface area contributed by atoms with Gasteiger partial charge in [0.25, 0.3) is 12.0 Å². The molecule has 6 nitrogen and oxygen atoms in total. The Bertz CT molecular complexity index is 1180. The molecule has 0 saturated carbocycles. The zero-order chi connectivity index (χ0) is 22.7. The first-order chi connectivity index (χ1) is 15.4. The van der Waals surface area contributed by atoms with E-state index in [4.69, 9.17) is 16.3 Å². The van der Waals surface area contributed by atoms with Crippen LogP contribution in [0.3, 0.4) is 0 Å². The van der Waals surface area contributed by atoms with Crippen molar-refractivity contribution in [1.82, 2.24) is 9.55 Å².